The smallest absolute Gasteiger partial charge is 0.302 e. The van der Waals surface area contributed by atoms with E-state index < -0.39 is 7.82 Å². The van der Waals surface area contributed by atoms with Crippen molar-refractivity contribution >= 4 is 7.82 Å². The van der Waals surface area contributed by atoms with Crippen LogP contribution in [0.4, 0.5) is 0 Å². The number of hydrogen-bond donors (Lipinski definition) is 1. The second kappa shape index (κ2) is 3.23. The number of rotatable bonds is 1. The van der Waals surface area contributed by atoms with E-state index in [0.29, 0.717) is 19.1 Å². The summed E-state index contributed by atoms with van der Waals surface area (Å²) in [6.07, 6.45) is 0. The van der Waals surface area contributed by atoms with Crippen molar-refractivity contribution in [2.75, 3.05) is 13.2 Å². The first-order valence-electron chi connectivity index (χ1n) is 3.63. The van der Waals surface area contributed by atoms with E-state index in [1.807, 2.05) is 13.8 Å². The topological polar surface area (TPSA) is 55.8 Å². The summed E-state index contributed by atoms with van der Waals surface area (Å²) in [5, 5.41) is 0. The lowest BCUT2D eigenvalue weighted by molar-refractivity contribution is 0.0402. The molecule has 1 aliphatic heterocycles. The highest BCUT2D eigenvalue weighted by Gasteiger charge is 2.31. The van der Waals surface area contributed by atoms with Crippen LogP contribution < -0.4 is 0 Å². The van der Waals surface area contributed by atoms with Crippen molar-refractivity contribution < 1.29 is 18.5 Å². The van der Waals surface area contributed by atoms with E-state index in [1.54, 1.807) is 0 Å². The predicted molar refractivity (Wildman–Crippen MR) is 40.1 cm³/mol. The molecule has 0 aromatic heterocycles. The van der Waals surface area contributed by atoms with Crippen LogP contribution in [0, 0.1) is 11.8 Å². The third kappa shape index (κ3) is 2.56. The highest BCUT2D eigenvalue weighted by atomic mass is 31.2. The largest absolute Gasteiger partial charge is 0.472 e. The minimum absolute atomic E-state index is 0.240. The fourth-order valence-electron chi connectivity index (χ4n) is 0.850. The summed E-state index contributed by atoms with van der Waals surface area (Å²) in [7, 11) is -3.66. The Hall–Kier alpha value is 0.110. The average Bonchev–Trinajstić information content (AvgIpc) is 1.86. The molecule has 1 N–H and O–H groups in total. The molecule has 0 spiro atoms. The van der Waals surface area contributed by atoms with Gasteiger partial charge < -0.3 is 4.89 Å². The van der Waals surface area contributed by atoms with Gasteiger partial charge in [0.2, 0.25) is 0 Å². The van der Waals surface area contributed by atoms with Crippen LogP contribution in [0.3, 0.4) is 0 Å². The van der Waals surface area contributed by atoms with Crippen molar-refractivity contribution in [3.63, 3.8) is 0 Å². The van der Waals surface area contributed by atoms with Crippen LogP contribution in [0.15, 0.2) is 0 Å². The Morgan fingerprint density at radius 2 is 1.91 bits per heavy atom. The Bertz CT molecular complexity index is 167. The van der Waals surface area contributed by atoms with Gasteiger partial charge in [-0.05, 0) is 5.92 Å². The highest BCUT2D eigenvalue weighted by Crippen LogP contribution is 2.47. The molecule has 0 atom stereocenters. The second-order valence-corrected chi connectivity index (χ2v) is 4.52. The van der Waals surface area contributed by atoms with E-state index in [4.69, 9.17) is 4.89 Å². The summed E-state index contributed by atoms with van der Waals surface area (Å²) < 4.78 is 20.0. The van der Waals surface area contributed by atoms with Gasteiger partial charge in [-0.15, -0.1) is 0 Å². The third-order valence-electron chi connectivity index (χ3n) is 1.85. The van der Waals surface area contributed by atoms with Crippen LogP contribution in [0.2, 0.25) is 0 Å². The van der Waals surface area contributed by atoms with Crippen molar-refractivity contribution in [2.24, 2.45) is 11.8 Å². The van der Waals surface area contributed by atoms with Gasteiger partial charge in [0, 0.05) is 5.92 Å². The average molecular weight is 180 g/mol. The Balaban J connectivity index is 2.42. The predicted octanol–water partition coefficient (Wildman–Crippen LogP) is 1.41. The molecule has 0 amide bonds. The van der Waals surface area contributed by atoms with Crippen LogP contribution in [0.25, 0.3) is 0 Å². The highest BCUT2D eigenvalue weighted by molar-refractivity contribution is 7.47. The number of phosphoric ester groups is 1. The van der Waals surface area contributed by atoms with E-state index in [0.717, 1.165) is 0 Å². The molecule has 1 aliphatic rings. The first-order valence-corrected chi connectivity index (χ1v) is 5.13. The lowest BCUT2D eigenvalue weighted by Gasteiger charge is -2.27. The van der Waals surface area contributed by atoms with Crippen LogP contribution in [-0.2, 0) is 13.6 Å². The Labute approximate surface area is 66.1 Å². The van der Waals surface area contributed by atoms with Crippen LogP contribution in [0.1, 0.15) is 13.8 Å². The monoisotopic (exact) mass is 180 g/mol. The molecule has 0 aliphatic carbocycles. The first kappa shape index (κ1) is 9.20. The van der Waals surface area contributed by atoms with Gasteiger partial charge in [-0.1, -0.05) is 13.8 Å². The van der Waals surface area contributed by atoms with Crippen molar-refractivity contribution in [1.29, 1.82) is 0 Å². The molecular formula is C6H13O4P. The molecule has 5 heteroatoms. The summed E-state index contributed by atoms with van der Waals surface area (Å²) in [5.74, 6) is 0.666. The van der Waals surface area contributed by atoms with Crippen LogP contribution in [-0.4, -0.2) is 18.1 Å². The minimum atomic E-state index is -3.66. The summed E-state index contributed by atoms with van der Waals surface area (Å²) in [4.78, 5) is 8.79. The molecule has 0 radical (unpaired) electrons. The molecule has 4 nitrogen and oxygen atoms in total. The molecule has 1 saturated heterocycles. The molecule has 0 saturated carbocycles. The standard InChI is InChI=1S/C6H13O4P/c1-5(2)6-3-9-11(7,8)10-4-6/h5-6H,3-4H2,1-2H3,(H,7,8). The fraction of sp³-hybridized carbons (Fsp3) is 1.00. The maximum Gasteiger partial charge on any atom is 0.472 e. The van der Waals surface area contributed by atoms with Crippen molar-refractivity contribution in [3.05, 3.63) is 0 Å². The zero-order valence-electron chi connectivity index (χ0n) is 6.69. The molecule has 0 aromatic carbocycles. The van der Waals surface area contributed by atoms with Crippen LogP contribution in [0.5, 0.6) is 0 Å². The molecule has 1 fully saturated rings. The van der Waals surface area contributed by atoms with E-state index in [2.05, 4.69) is 9.05 Å². The van der Waals surface area contributed by atoms with Gasteiger partial charge in [0.05, 0.1) is 13.2 Å². The quantitative estimate of drug-likeness (QED) is 0.620. The number of hydrogen-bond acceptors (Lipinski definition) is 3. The summed E-state index contributed by atoms with van der Waals surface area (Å²) in [6.45, 7) is 4.72. The molecule has 11 heavy (non-hydrogen) atoms. The van der Waals surface area contributed by atoms with Gasteiger partial charge in [-0.3, -0.25) is 9.05 Å². The Morgan fingerprint density at radius 3 is 2.27 bits per heavy atom. The van der Waals surface area contributed by atoms with Crippen molar-refractivity contribution in [3.8, 4) is 0 Å². The molecule has 66 valence electrons. The Morgan fingerprint density at radius 1 is 1.45 bits per heavy atom. The molecule has 0 aromatic rings. The summed E-state index contributed by atoms with van der Waals surface area (Å²) in [5.41, 5.74) is 0. The van der Waals surface area contributed by atoms with Gasteiger partial charge in [-0.25, -0.2) is 4.57 Å². The SMILES string of the molecule is CC(C)C1COP(=O)(O)OC1. The van der Waals surface area contributed by atoms with E-state index in [1.165, 1.54) is 0 Å². The number of phosphoric acid groups is 1. The lowest BCUT2D eigenvalue weighted by Crippen LogP contribution is -2.25. The second-order valence-electron chi connectivity index (χ2n) is 3.06. The third-order valence-corrected chi connectivity index (χ3v) is 2.80. The van der Waals surface area contributed by atoms with Gasteiger partial charge in [0.15, 0.2) is 0 Å². The molecule has 1 rings (SSSR count). The van der Waals surface area contributed by atoms with E-state index in [9.17, 15) is 4.57 Å². The summed E-state index contributed by atoms with van der Waals surface area (Å²) >= 11 is 0. The molecule has 0 unspecified atom stereocenters. The van der Waals surface area contributed by atoms with Crippen LogP contribution >= 0.6 is 7.82 Å². The molecule has 0 bridgehead atoms. The van der Waals surface area contributed by atoms with E-state index >= 15 is 0 Å². The maximum atomic E-state index is 10.7. The molecule has 1 heterocycles. The van der Waals surface area contributed by atoms with Gasteiger partial charge in [0.25, 0.3) is 0 Å². The van der Waals surface area contributed by atoms with Gasteiger partial charge in [0.1, 0.15) is 0 Å². The molecular weight excluding hydrogens is 167 g/mol. The lowest BCUT2D eigenvalue weighted by atomic mass is 9.98. The van der Waals surface area contributed by atoms with E-state index in [-0.39, 0.29) is 5.92 Å². The normalized spacial score (nSPS) is 39.5. The van der Waals surface area contributed by atoms with Crippen molar-refractivity contribution in [1.82, 2.24) is 0 Å². The maximum absolute atomic E-state index is 10.7. The minimum Gasteiger partial charge on any atom is -0.302 e. The Kier molecular flexibility index (Phi) is 2.70. The van der Waals surface area contributed by atoms with Gasteiger partial charge in [-0.2, -0.15) is 0 Å². The summed E-state index contributed by atoms with van der Waals surface area (Å²) in [6, 6.07) is 0. The van der Waals surface area contributed by atoms with Crippen molar-refractivity contribution in [2.45, 2.75) is 13.8 Å². The zero-order valence-corrected chi connectivity index (χ0v) is 7.58. The fourth-order valence-corrected chi connectivity index (χ4v) is 1.68. The first-order chi connectivity index (χ1) is 5.01. The van der Waals surface area contributed by atoms with Gasteiger partial charge >= 0.3 is 7.82 Å². The zero-order chi connectivity index (χ0) is 8.48.